The molecule has 11 heteroatoms. The molecule has 1 aliphatic rings. The average molecular weight is 416 g/mol. The monoisotopic (exact) mass is 416 g/mol. The van der Waals surface area contributed by atoms with E-state index < -0.39 is 10.0 Å². The van der Waals surface area contributed by atoms with E-state index in [1.807, 2.05) is 6.07 Å². The fourth-order valence-electron chi connectivity index (χ4n) is 3.17. The number of nitrogens with zero attached hydrogens (tertiary/aromatic N) is 6. The van der Waals surface area contributed by atoms with Crippen LogP contribution in [0.3, 0.4) is 0 Å². The summed E-state index contributed by atoms with van der Waals surface area (Å²) in [5.41, 5.74) is 0.910. The summed E-state index contributed by atoms with van der Waals surface area (Å²) >= 11 is 0. The molecule has 0 bridgehead atoms. The highest BCUT2D eigenvalue weighted by Gasteiger charge is 2.30. The molecular formula is C18H20N6O4S. The molecule has 29 heavy (non-hydrogen) atoms. The van der Waals surface area contributed by atoms with Gasteiger partial charge in [-0.05, 0) is 18.6 Å². The minimum Gasteiger partial charge on any atom is -0.355 e. The highest BCUT2D eigenvalue weighted by atomic mass is 32.2. The van der Waals surface area contributed by atoms with Crippen LogP contribution in [0.25, 0.3) is 11.3 Å². The van der Waals surface area contributed by atoms with Crippen LogP contribution in [0.4, 0.5) is 0 Å². The molecule has 152 valence electrons. The zero-order chi connectivity index (χ0) is 20.4. The SMILES string of the molecule is Cn1cnc(S(=O)(=O)N2CCCN(C(=O)c3cc(-c4cccnc4)on3)CC2)c1. The van der Waals surface area contributed by atoms with Crippen LogP contribution in [0.1, 0.15) is 16.9 Å². The van der Waals surface area contributed by atoms with Crippen molar-refractivity contribution in [2.45, 2.75) is 11.4 Å². The van der Waals surface area contributed by atoms with E-state index in [2.05, 4.69) is 15.1 Å². The summed E-state index contributed by atoms with van der Waals surface area (Å²) in [6.45, 7) is 1.21. The number of amides is 1. The first kappa shape index (κ1) is 19.3. The van der Waals surface area contributed by atoms with Crippen LogP contribution in [0, 0.1) is 0 Å². The lowest BCUT2D eigenvalue weighted by atomic mass is 10.2. The lowest BCUT2D eigenvalue weighted by Crippen LogP contribution is -2.37. The standard InChI is InChI=1S/C18H20N6O4S/c1-22-12-17(20-13-22)29(26,27)24-7-3-6-23(8-9-24)18(25)15-10-16(28-21-15)14-4-2-5-19-11-14/h2,4-5,10-13H,3,6-9H2,1H3. The minimum absolute atomic E-state index is 0.0115. The Morgan fingerprint density at radius 3 is 2.79 bits per heavy atom. The second kappa shape index (κ2) is 7.76. The molecule has 0 unspecified atom stereocenters. The summed E-state index contributed by atoms with van der Waals surface area (Å²) in [4.78, 5) is 22.4. The van der Waals surface area contributed by atoms with E-state index in [-0.39, 0.29) is 29.7 Å². The van der Waals surface area contributed by atoms with E-state index in [1.165, 1.54) is 16.8 Å². The van der Waals surface area contributed by atoms with Gasteiger partial charge in [0.2, 0.25) is 0 Å². The van der Waals surface area contributed by atoms with Crippen LogP contribution in [0.2, 0.25) is 0 Å². The molecule has 0 aliphatic carbocycles. The van der Waals surface area contributed by atoms with Gasteiger partial charge < -0.3 is 14.0 Å². The maximum absolute atomic E-state index is 12.8. The first-order valence-corrected chi connectivity index (χ1v) is 10.5. The van der Waals surface area contributed by atoms with Crippen molar-refractivity contribution >= 4 is 15.9 Å². The van der Waals surface area contributed by atoms with Crippen LogP contribution in [0.15, 0.2) is 52.7 Å². The number of sulfonamides is 1. The van der Waals surface area contributed by atoms with Gasteiger partial charge in [0.15, 0.2) is 16.5 Å². The van der Waals surface area contributed by atoms with Crippen LogP contribution < -0.4 is 0 Å². The van der Waals surface area contributed by atoms with Gasteiger partial charge in [0.1, 0.15) is 0 Å². The van der Waals surface area contributed by atoms with E-state index in [0.29, 0.717) is 25.3 Å². The molecule has 3 aromatic heterocycles. The van der Waals surface area contributed by atoms with E-state index >= 15 is 0 Å². The van der Waals surface area contributed by atoms with E-state index in [9.17, 15) is 13.2 Å². The Bertz CT molecular complexity index is 1110. The van der Waals surface area contributed by atoms with Gasteiger partial charge in [0.25, 0.3) is 15.9 Å². The molecule has 1 saturated heterocycles. The van der Waals surface area contributed by atoms with Crippen molar-refractivity contribution in [1.82, 2.24) is 28.9 Å². The predicted octanol–water partition coefficient (Wildman–Crippen LogP) is 1.01. The molecule has 0 atom stereocenters. The van der Waals surface area contributed by atoms with E-state index in [0.717, 1.165) is 5.56 Å². The Balaban J connectivity index is 1.46. The van der Waals surface area contributed by atoms with Crippen molar-refractivity contribution in [3.8, 4) is 11.3 Å². The fraction of sp³-hybridized carbons (Fsp3) is 0.333. The second-order valence-electron chi connectivity index (χ2n) is 6.75. The highest BCUT2D eigenvalue weighted by Crippen LogP contribution is 2.21. The summed E-state index contributed by atoms with van der Waals surface area (Å²) in [5.74, 6) is 0.164. The maximum Gasteiger partial charge on any atom is 0.276 e. The number of aromatic nitrogens is 4. The number of rotatable bonds is 4. The summed E-state index contributed by atoms with van der Waals surface area (Å²) < 4.78 is 33.8. The van der Waals surface area contributed by atoms with Crippen molar-refractivity contribution < 1.29 is 17.7 Å². The number of pyridine rings is 1. The van der Waals surface area contributed by atoms with Gasteiger partial charge in [0.05, 0.1) is 6.33 Å². The molecular weight excluding hydrogens is 396 g/mol. The van der Waals surface area contributed by atoms with Gasteiger partial charge >= 0.3 is 0 Å². The van der Waals surface area contributed by atoms with Gasteiger partial charge in [0, 0.05) is 63.4 Å². The Morgan fingerprint density at radius 1 is 1.21 bits per heavy atom. The molecule has 0 radical (unpaired) electrons. The van der Waals surface area contributed by atoms with Gasteiger partial charge in [-0.25, -0.2) is 13.4 Å². The van der Waals surface area contributed by atoms with Crippen molar-refractivity contribution in [2.24, 2.45) is 7.05 Å². The number of hydrogen-bond donors (Lipinski definition) is 0. The minimum atomic E-state index is -3.69. The third-order valence-corrected chi connectivity index (χ3v) is 6.49. The zero-order valence-corrected chi connectivity index (χ0v) is 16.6. The summed E-state index contributed by atoms with van der Waals surface area (Å²) in [7, 11) is -1.97. The molecule has 3 aromatic rings. The van der Waals surface area contributed by atoms with Crippen molar-refractivity contribution in [1.29, 1.82) is 0 Å². The summed E-state index contributed by atoms with van der Waals surface area (Å²) in [6.07, 6.45) is 6.71. The van der Waals surface area contributed by atoms with Crippen molar-refractivity contribution in [3.63, 3.8) is 0 Å². The zero-order valence-electron chi connectivity index (χ0n) is 15.8. The van der Waals surface area contributed by atoms with Crippen LogP contribution in [0.5, 0.6) is 0 Å². The molecule has 4 rings (SSSR count). The second-order valence-corrected chi connectivity index (χ2v) is 8.63. The van der Waals surface area contributed by atoms with Gasteiger partial charge in [-0.15, -0.1) is 0 Å². The number of hydrogen-bond acceptors (Lipinski definition) is 7. The molecule has 4 heterocycles. The molecule has 1 fully saturated rings. The molecule has 1 amide bonds. The highest BCUT2D eigenvalue weighted by molar-refractivity contribution is 7.89. The molecule has 0 N–H and O–H groups in total. The molecule has 0 saturated carbocycles. The molecule has 1 aliphatic heterocycles. The largest absolute Gasteiger partial charge is 0.355 e. The van der Waals surface area contributed by atoms with Gasteiger partial charge in [-0.1, -0.05) is 5.16 Å². The van der Waals surface area contributed by atoms with Crippen LogP contribution in [-0.4, -0.2) is 69.4 Å². The average Bonchev–Trinajstić information content (AvgIpc) is 3.31. The first-order valence-electron chi connectivity index (χ1n) is 9.09. The van der Waals surface area contributed by atoms with Gasteiger partial charge in [-0.3, -0.25) is 9.78 Å². The molecule has 0 spiro atoms. The quantitative estimate of drug-likeness (QED) is 0.623. The molecule has 10 nitrogen and oxygen atoms in total. The summed E-state index contributed by atoms with van der Waals surface area (Å²) in [5, 5.41) is 3.89. The van der Waals surface area contributed by atoms with Crippen molar-refractivity contribution in [2.75, 3.05) is 26.2 Å². The Morgan fingerprint density at radius 2 is 2.07 bits per heavy atom. The third kappa shape index (κ3) is 3.91. The Labute approximate surface area is 167 Å². The lowest BCUT2D eigenvalue weighted by molar-refractivity contribution is 0.0754. The fourth-order valence-corrected chi connectivity index (χ4v) is 4.61. The lowest BCUT2D eigenvalue weighted by Gasteiger charge is -2.20. The Kier molecular flexibility index (Phi) is 5.16. The Hall–Kier alpha value is -3.05. The third-order valence-electron chi connectivity index (χ3n) is 4.70. The normalized spacial score (nSPS) is 16.0. The number of aryl methyl sites for hydroxylation is 1. The van der Waals surface area contributed by atoms with Crippen molar-refractivity contribution in [3.05, 3.63) is 48.8 Å². The number of imidazole rings is 1. The van der Waals surface area contributed by atoms with Crippen LogP contribution >= 0.6 is 0 Å². The smallest absolute Gasteiger partial charge is 0.276 e. The van der Waals surface area contributed by atoms with Gasteiger partial charge in [-0.2, -0.15) is 4.31 Å². The van der Waals surface area contributed by atoms with E-state index in [1.54, 1.807) is 41.0 Å². The number of carbonyl (C=O) groups is 1. The predicted molar refractivity (Wildman–Crippen MR) is 102 cm³/mol. The molecule has 0 aromatic carbocycles. The maximum atomic E-state index is 12.8. The van der Waals surface area contributed by atoms with Crippen LogP contribution in [-0.2, 0) is 17.1 Å². The van der Waals surface area contributed by atoms with E-state index in [4.69, 9.17) is 4.52 Å². The topological polar surface area (TPSA) is 114 Å². The number of carbonyl (C=O) groups excluding carboxylic acids is 1. The first-order chi connectivity index (χ1) is 13.9. The summed E-state index contributed by atoms with van der Waals surface area (Å²) in [6, 6.07) is 5.16.